The highest BCUT2D eigenvalue weighted by molar-refractivity contribution is 5.80. The predicted octanol–water partition coefficient (Wildman–Crippen LogP) is 2.54. The van der Waals surface area contributed by atoms with Crippen molar-refractivity contribution in [1.82, 2.24) is 20.4 Å². The summed E-state index contributed by atoms with van der Waals surface area (Å²) in [6.45, 7) is 0.543. The summed E-state index contributed by atoms with van der Waals surface area (Å²) in [5.41, 5.74) is 1.54. The van der Waals surface area contributed by atoms with Gasteiger partial charge in [0.25, 0.3) is 0 Å². The third kappa shape index (κ3) is 4.47. The van der Waals surface area contributed by atoms with Crippen LogP contribution in [0.5, 0.6) is 5.75 Å². The fraction of sp³-hybridized carbons (Fsp3) is 0.412. The molecule has 2 aromatic rings. The van der Waals surface area contributed by atoms with E-state index in [1.165, 1.54) is 12.1 Å². The standard InChI is InChI=1S/C17H20F3N5O/c1-21-16(22-10-11-7-8-23-25(11)2)24-14-9-13(14)12-5-3-4-6-15(12)26-17(18,19)20/h3-8,13-14H,9-10H2,1-2H3,(H2,21,22,24). The lowest BCUT2D eigenvalue weighted by atomic mass is 10.1. The number of ether oxygens (including phenoxy) is 1. The lowest BCUT2D eigenvalue weighted by molar-refractivity contribution is -0.274. The van der Waals surface area contributed by atoms with Gasteiger partial charge in [0.15, 0.2) is 5.96 Å². The highest BCUT2D eigenvalue weighted by Crippen LogP contribution is 2.45. The van der Waals surface area contributed by atoms with Crippen molar-refractivity contribution in [3.8, 4) is 5.75 Å². The van der Waals surface area contributed by atoms with E-state index in [1.54, 1.807) is 30.1 Å². The minimum absolute atomic E-state index is 0.00530. The van der Waals surface area contributed by atoms with Gasteiger partial charge in [0.2, 0.25) is 0 Å². The lowest BCUT2D eigenvalue weighted by Gasteiger charge is -2.14. The summed E-state index contributed by atoms with van der Waals surface area (Å²) >= 11 is 0. The smallest absolute Gasteiger partial charge is 0.405 e. The molecule has 1 fully saturated rings. The average Bonchev–Trinajstić information content (AvgIpc) is 3.22. The van der Waals surface area contributed by atoms with Crippen LogP contribution in [0.4, 0.5) is 13.2 Å². The van der Waals surface area contributed by atoms with Crippen molar-refractivity contribution in [3.05, 3.63) is 47.8 Å². The number of aryl methyl sites for hydroxylation is 1. The lowest BCUT2D eigenvalue weighted by Crippen LogP contribution is -2.39. The Hall–Kier alpha value is -2.71. The van der Waals surface area contributed by atoms with Crippen molar-refractivity contribution < 1.29 is 17.9 Å². The summed E-state index contributed by atoms with van der Waals surface area (Å²) < 4.78 is 43.6. The minimum atomic E-state index is -4.70. The summed E-state index contributed by atoms with van der Waals surface area (Å²) in [6.07, 6.45) is -2.28. The zero-order valence-electron chi connectivity index (χ0n) is 14.4. The number of nitrogens with zero attached hydrogens (tertiary/aromatic N) is 3. The van der Waals surface area contributed by atoms with Crippen LogP contribution in [-0.4, -0.2) is 35.2 Å². The number of hydrogen-bond donors (Lipinski definition) is 2. The van der Waals surface area contributed by atoms with Gasteiger partial charge in [-0.2, -0.15) is 5.10 Å². The van der Waals surface area contributed by atoms with E-state index in [4.69, 9.17) is 0 Å². The van der Waals surface area contributed by atoms with Crippen molar-refractivity contribution in [3.63, 3.8) is 0 Å². The third-order valence-corrected chi connectivity index (χ3v) is 4.24. The number of nitrogens with one attached hydrogen (secondary N) is 2. The number of para-hydroxylation sites is 1. The molecule has 0 spiro atoms. The molecule has 0 amide bonds. The predicted molar refractivity (Wildman–Crippen MR) is 90.8 cm³/mol. The van der Waals surface area contributed by atoms with Crippen LogP contribution in [0.1, 0.15) is 23.6 Å². The molecule has 2 atom stereocenters. The molecule has 1 aliphatic carbocycles. The highest BCUT2D eigenvalue weighted by Gasteiger charge is 2.42. The molecular formula is C17H20F3N5O. The minimum Gasteiger partial charge on any atom is -0.405 e. The van der Waals surface area contributed by atoms with Crippen LogP contribution in [0.15, 0.2) is 41.5 Å². The van der Waals surface area contributed by atoms with Crippen molar-refractivity contribution in [2.75, 3.05) is 7.05 Å². The molecule has 0 radical (unpaired) electrons. The van der Waals surface area contributed by atoms with E-state index in [0.29, 0.717) is 24.5 Å². The van der Waals surface area contributed by atoms with E-state index in [0.717, 1.165) is 5.69 Å². The number of aromatic nitrogens is 2. The Balaban J connectivity index is 1.59. The van der Waals surface area contributed by atoms with Crippen molar-refractivity contribution in [2.24, 2.45) is 12.0 Å². The molecular weight excluding hydrogens is 347 g/mol. The van der Waals surface area contributed by atoms with E-state index in [1.807, 2.05) is 13.1 Å². The van der Waals surface area contributed by atoms with Gasteiger partial charge in [-0.3, -0.25) is 9.67 Å². The number of halogens is 3. The van der Waals surface area contributed by atoms with E-state index in [-0.39, 0.29) is 17.7 Å². The topological polar surface area (TPSA) is 63.5 Å². The van der Waals surface area contributed by atoms with Crippen LogP contribution in [0, 0.1) is 0 Å². The first-order chi connectivity index (χ1) is 12.4. The SMILES string of the molecule is CN=C(NCc1ccnn1C)NC1CC1c1ccccc1OC(F)(F)F. The van der Waals surface area contributed by atoms with Gasteiger partial charge in [0, 0.05) is 32.3 Å². The van der Waals surface area contributed by atoms with E-state index in [9.17, 15) is 13.2 Å². The maximum absolute atomic E-state index is 12.6. The average molecular weight is 367 g/mol. The summed E-state index contributed by atoms with van der Waals surface area (Å²) in [5.74, 6) is 0.392. The van der Waals surface area contributed by atoms with Gasteiger partial charge in [-0.15, -0.1) is 13.2 Å². The zero-order chi connectivity index (χ0) is 18.7. The molecule has 1 heterocycles. The van der Waals surface area contributed by atoms with Gasteiger partial charge in [-0.1, -0.05) is 18.2 Å². The summed E-state index contributed by atoms with van der Waals surface area (Å²) in [7, 11) is 3.50. The zero-order valence-corrected chi connectivity index (χ0v) is 14.4. The van der Waals surface area contributed by atoms with Crippen LogP contribution in [0.3, 0.4) is 0 Å². The Morgan fingerprint density at radius 3 is 2.77 bits per heavy atom. The van der Waals surface area contributed by atoms with E-state index < -0.39 is 6.36 Å². The maximum atomic E-state index is 12.6. The first-order valence-electron chi connectivity index (χ1n) is 8.16. The number of aliphatic imine (C=N–C) groups is 1. The van der Waals surface area contributed by atoms with Gasteiger partial charge >= 0.3 is 6.36 Å². The Morgan fingerprint density at radius 2 is 2.12 bits per heavy atom. The van der Waals surface area contributed by atoms with Crippen LogP contribution in [0.25, 0.3) is 0 Å². The van der Waals surface area contributed by atoms with E-state index in [2.05, 4.69) is 25.5 Å². The van der Waals surface area contributed by atoms with Gasteiger partial charge in [-0.05, 0) is 24.1 Å². The van der Waals surface area contributed by atoms with Gasteiger partial charge in [-0.25, -0.2) is 0 Å². The monoisotopic (exact) mass is 367 g/mol. The normalized spacial score (nSPS) is 20.0. The molecule has 0 saturated heterocycles. The molecule has 26 heavy (non-hydrogen) atoms. The molecule has 1 aromatic heterocycles. The number of alkyl halides is 3. The van der Waals surface area contributed by atoms with E-state index >= 15 is 0 Å². The molecule has 140 valence electrons. The quantitative estimate of drug-likeness (QED) is 0.630. The maximum Gasteiger partial charge on any atom is 0.573 e. The fourth-order valence-electron chi connectivity index (χ4n) is 2.82. The van der Waals surface area contributed by atoms with Crippen LogP contribution in [-0.2, 0) is 13.6 Å². The van der Waals surface area contributed by atoms with Gasteiger partial charge < -0.3 is 15.4 Å². The molecule has 1 aromatic carbocycles. The fourth-order valence-corrected chi connectivity index (χ4v) is 2.82. The van der Waals surface area contributed by atoms with Crippen molar-refractivity contribution >= 4 is 5.96 Å². The van der Waals surface area contributed by atoms with Gasteiger partial charge in [0.1, 0.15) is 5.75 Å². The molecule has 9 heteroatoms. The second-order valence-electron chi connectivity index (χ2n) is 6.05. The number of rotatable bonds is 5. The second kappa shape index (κ2) is 7.27. The Bertz CT molecular complexity index is 787. The first kappa shape index (κ1) is 18.1. The number of guanidine groups is 1. The van der Waals surface area contributed by atoms with Crippen LogP contribution >= 0.6 is 0 Å². The molecule has 1 aliphatic rings. The summed E-state index contributed by atoms with van der Waals surface area (Å²) in [6, 6.07) is 8.15. The van der Waals surface area contributed by atoms with Crippen molar-refractivity contribution in [2.45, 2.75) is 31.3 Å². The second-order valence-corrected chi connectivity index (χ2v) is 6.05. The molecule has 0 aliphatic heterocycles. The van der Waals surface area contributed by atoms with Gasteiger partial charge in [0.05, 0.1) is 12.2 Å². The van der Waals surface area contributed by atoms with Crippen molar-refractivity contribution in [1.29, 1.82) is 0 Å². The molecule has 2 unspecified atom stereocenters. The molecule has 2 N–H and O–H groups in total. The molecule has 6 nitrogen and oxygen atoms in total. The first-order valence-corrected chi connectivity index (χ1v) is 8.16. The highest BCUT2D eigenvalue weighted by atomic mass is 19.4. The molecule has 3 rings (SSSR count). The number of benzene rings is 1. The van der Waals surface area contributed by atoms with Crippen LogP contribution < -0.4 is 15.4 Å². The number of hydrogen-bond acceptors (Lipinski definition) is 3. The largest absolute Gasteiger partial charge is 0.573 e. The summed E-state index contributed by atoms with van der Waals surface area (Å²) in [4.78, 5) is 4.16. The Morgan fingerprint density at radius 1 is 1.35 bits per heavy atom. The molecule has 1 saturated carbocycles. The molecule has 0 bridgehead atoms. The third-order valence-electron chi connectivity index (χ3n) is 4.24. The summed E-state index contributed by atoms with van der Waals surface area (Å²) in [5, 5.41) is 10.5. The van der Waals surface area contributed by atoms with Crippen LogP contribution in [0.2, 0.25) is 0 Å². The Labute approximate surface area is 149 Å². The Kier molecular flexibility index (Phi) is 5.06.